The van der Waals surface area contributed by atoms with Gasteiger partial charge in [-0.25, -0.2) is 9.18 Å². The summed E-state index contributed by atoms with van der Waals surface area (Å²) in [6.45, 7) is -0.0460. The third-order valence-corrected chi connectivity index (χ3v) is 3.13. The van der Waals surface area contributed by atoms with E-state index in [4.69, 9.17) is 5.11 Å². The Morgan fingerprint density at radius 2 is 2.25 bits per heavy atom. The number of aliphatic hydroxyl groups is 1. The van der Waals surface area contributed by atoms with Crippen LogP contribution in [-0.4, -0.2) is 23.8 Å². The lowest BCUT2D eigenvalue weighted by Gasteiger charge is -2.26. The predicted molar refractivity (Wildman–Crippen MR) is 74.8 cm³/mol. The van der Waals surface area contributed by atoms with E-state index in [2.05, 4.69) is 22.5 Å². The number of rotatable bonds is 3. The van der Waals surface area contributed by atoms with Gasteiger partial charge in [-0.15, -0.1) is 0 Å². The number of aliphatic hydroxyl groups excluding tert-OH is 1. The van der Waals surface area contributed by atoms with Crippen molar-refractivity contribution in [2.24, 2.45) is 0 Å². The summed E-state index contributed by atoms with van der Waals surface area (Å²) in [6, 6.07) is 4.28. The van der Waals surface area contributed by atoms with Crippen molar-refractivity contribution in [3.8, 4) is 11.8 Å². The molecule has 1 aliphatic carbocycles. The van der Waals surface area contributed by atoms with Crippen LogP contribution in [0.5, 0.6) is 0 Å². The van der Waals surface area contributed by atoms with E-state index in [1.807, 2.05) is 0 Å². The van der Waals surface area contributed by atoms with E-state index in [9.17, 15) is 9.18 Å². The minimum absolute atomic E-state index is 0.0460. The van der Waals surface area contributed by atoms with Gasteiger partial charge < -0.3 is 15.7 Å². The van der Waals surface area contributed by atoms with Gasteiger partial charge in [0.15, 0.2) is 0 Å². The Balaban J connectivity index is 1.94. The summed E-state index contributed by atoms with van der Waals surface area (Å²) in [7, 11) is 0. The van der Waals surface area contributed by atoms with Crippen LogP contribution in [0.25, 0.3) is 0 Å². The summed E-state index contributed by atoms with van der Waals surface area (Å²) < 4.78 is 13.7. The number of benzene rings is 1. The Kier molecular flexibility index (Phi) is 4.97. The molecule has 1 fully saturated rings. The van der Waals surface area contributed by atoms with Crippen molar-refractivity contribution in [3.05, 3.63) is 29.6 Å². The average Bonchev–Trinajstić information content (AvgIpc) is 2.37. The quantitative estimate of drug-likeness (QED) is 0.741. The maximum Gasteiger partial charge on any atom is 0.319 e. The molecular formula is C15H17FN2O2. The average molecular weight is 276 g/mol. The molecule has 0 atom stereocenters. The lowest BCUT2D eigenvalue weighted by Crippen LogP contribution is -2.41. The highest BCUT2D eigenvalue weighted by Crippen LogP contribution is 2.18. The van der Waals surface area contributed by atoms with Crippen LogP contribution in [0.2, 0.25) is 0 Å². The molecule has 106 valence electrons. The van der Waals surface area contributed by atoms with Crippen molar-refractivity contribution in [1.29, 1.82) is 0 Å². The standard InChI is InChI=1S/C15H17FN2O2/c16-14-10-13(8-7-11(14)4-1-2-9-19)18-15(20)17-12-5-3-6-12/h7-8,10,12,19H,2-3,5-6,9H2,(H2,17,18,20). The van der Waals surface area contributed by atoms with E-state index < -0.39 is 5.82 Å². The van der Waals surface area contributed by atoms with E-state index in [0.29, 0.717) is 12.1 Å². The zero-order chi connectivity index (χ0) is 14.4. The van der Waals surface area contributed by atoms with Gasteiger partial charge in [0.05, 0.1) is 12.2 Å². The Hall–Kier alpha value is -2.06. The van der Waals surface area contributed by atoms with Crippen LogP contribution in [-0.2, 0) is 0 Å². The second-order valence-electron chi connectivity index (χ2n) is 4.70. The second kappa shape index (κ2) is 6.92. The first-order valence-electron chi connectivity index (χ1n) is 6.66. The van der Waals surface area contributed by atoms with E-state index in [0.717, 1.165) is 19.3 Å². The van der Waals surface area contributed by atoms with Crippen LogP contribution in [0.15, 0.2) is 18.2 Å². The first-order valence-corrected chi connectivity index (χ1v) is 6.66. The molecule has 0 aromatic heterocycles. The van der Waals surface area contributed by atoms with Crippen LogP contribution in [0, 0.1) is 17.7 Å². The van der Waals surface area contributed by atoms with E-state index in [1.54, 1.807) is 6.07 Å². The lowest BCUT2D eigenvalue weighted by molar-refractivity contribution is 0.240. The highest BCUT2D eigenvalue weighted by Gasteiger charge is 2.19. The van der Waals surface area contributed by atoms with Gasteiger partial charge in [0, 0.05) is 18.2 Å². The SMILES string of the molecule is O=C(Nc1ccc(C#CCCO)c(F)c1)NC1CCC1. The van der Waals surface area contributed by atoms with Gasteiger partial charge >= 0.3 is 6.03 Å². The summed E-state index contributed by atoms with van der Waals surface area (Å²) in [4.78, 5) is 11.6. The van der Waals surface area contributed by atoms with E-state index in [1.165, 1.54) is 12.1 Å². The molecule has 2 amide bonds. The van der Waals surface area contributed by atoms with Gasteiger partial charge in [-0.3, -0.25) is 0 Å². The van der Waals surface area contributed by atoms with Crippen molar-refractivity contribution in [2.45, 2.75) is 31.7 Å². The van der Waals surface area contributed by atoms with Gasteiger partial charge in [-0.2, -0.15) is 0 Å². The van der Waals surface area contributed by atoms with Gasteiger partial charge in [-0.1, -0.05) is 11.8 Å². The summed E-state index contributed by atoms with van der Waals surface area (Å²) >= 11 is 0. The van der Waals surface area contributed by atoms with Crippen molar-refractivity contribution in [3.63, 3.8) is 0 Å². The molecule has 1 aliphatic rings. The summed E-state index contributed by atoms with van der Waals surface area (Å²) in [6.07, 6.45) is 3.45. The molecule has 1 saturated carbocycles. The summed E-state index contributed by atoms with van der Waals surface area (Å²) in [5, 5.41) is 14.0. The van der Waals surface area contributed by atoms with Crippen molar-refractivity contribution < 1.29 is 14.3 Å². The Morgan fingerprint density at radius 3 is 2.85 bits per heavy atom. The first-order chi connectivity index (χ1) is 9.69. The van der Waals surface area contributed by atoms with Crippen LogP contribution >= 0.6 is 0 Å². The van der Waals surface area contributed by atoms with E-state index in [-0.39, 0.29) is 24.2 Å². The molecule has 5 heteroatoms. The second-order valence-corrected chi connectivity index (χ2v) is 4.70. The van der Waals surface area contributed by atoms with Crippen molar-refractivity contribution in [2.75, 3.05) is 11.9 Å². The molecular weight excluding hydrogens is 259 g/mol. The van der Waals surface area contributed by atoms with Crippen molar-refractivity contribution >= 4 is 11.7 Å². The highest BCUT2D eigenvalue weighted by atomic mass is 19.1. The summed E-state index contributed by atoms with van der Waals surface area (Å²) in [5.74, 6) is 4.80. The fourth-order valence-corrected chi connectivity index (χ4v) is 1.81. The number of halogens is 1. The number of amides is 2. The highest BCUT2D eigenvalue weighted by molar-refractivity contribution is 5.89. The zero-order valence-corrected chi connectivity index (χ0v) is 11.1. The van der Waals surface area contributed by atoms with Gasteiger partial charge in [0.1, 0.15) is 5.82 Å². The molecule has 4 nitrogen and oxygen atoms in total. The van der Waals surface area contributed by atoms with E-state index >= 15 is 0 Å². The van der Waals surface area contributed by atoms with Crippen LogP contribution in [0.3, 0.4) is 0 Å². The fourth-order valence-electron chi connectivity index (χ4n) is 1.81. The molecule has 0 unspecified atom stereocenters. The maximum absolute atomic E-state index is 13.7. The predicted octanol–water partition coefficient (Wildman–Crippen LogP) is 2.23. The first kappa shape index (κ1) is 14.4. The number of hydrogen-bond donors (Lipinski definition) is 3. The number of anilines is 1. The number of hydrogen-bond acceptors (Lipinski definition) is 2. The summed E-state index contributed by atoms with van der Waals surface area (Å²) in [5.41, 5.74) is 0.649. The monoisotopic (exact) mass is 276 g/mol. The molecule has 0 bridgehead atoms. The zero-order valence-electron chi connectivity index (χ0n) is 11.1. The lowest BCUT2D eigenvalue weighted by atomic mass is 9.93. The fraction of sp³-hybridized carbons (Fsp3) is 0.400. The Bertz CT molecular complexity index is 545. The third-order valence-electron chi connectivity index (χ3n) is 3.13. The van der Waals surface area contributed by atoms with Gasteiger partial charge in [0.2, 0.25) is 0 Å². The van der Waals surface area contributed by atoms with Crippen LogP contribution in [0.1, 0.15) is 31.2 Å². The molecule has 1 aromatic rings. The number of urea groups is 1. The van der Waals surface area contributed by atoms with Crippen LogP contribution < -0.4 is 10.6 Å². The minimum Gasteiger partial charge on any atom is -0.395 e. The molecule has 0 saturated heterocycles. The Morgan fingerprint density at radius 1 is 1.45 bits per heavy atom. The molecule has 3 N–H and O–H groups in total. The molecule has 2 rings (SSSR count). The third kappa shape index (κ3) is 3.97. The molecule has 20 heavy (non-hydrogen) atoms. The largest absolute Gasteiger partial charge is 0.395 e. The molecule has 0 aliphatic heterocycles. The van der Waals surface area contributed by atoms with Crippen LogP contribution in [0.4, 0.5) is 14.9 Å². The smallest absolute Gasteiger partial charge is 0.319 e. The normalized spacial score (nSPS) is 13.9. The van der Waals surface area contributed by atoms with Gasteiger partial charge in [0.25, 0.3) is 0 Å². The molecule has 1 aromatic carbocycles. The number of carbonyl (C=O) groups is 1. The maximum atomic E-state index is 13.7. The molecule has 0 spiro atoms. The van der Waals surface area contributed by atoms with Gasteiger partial charge in [-0.05, 0) is 37.5 Å². The number of nitrogens with one attached hydrogen (secondary N) is 2. The minimum atomic E-state index is -0.489. The topological polar surface area (TPSA) is 61.4 Å². The Labute approximate surface area is 117 Å². The molecule has 0 heterocycles. The molecule has 0 radical (unpaired) electrons. The van der Waals surface area contributed by atoms with Crippen molar-refractivity contribution in [1.82, 2.24) is 5.32 Å². The number of carbonyl (C=O) groups excluding carboxylic acids is 1.